The first-order chi connectivity index (χ1) is 11.6. The van der Waals surface area contributed by atoms with Crippen LogP contribution in [0.15, 0.2) is 36.5 Å². The molecule has 0 fully saturated rings. The predicted molar refractivity (Wildman–Crippen MR) is 90.6 cm³/mol. The number of methoxy groups -OCH3 is 1. The van der Waals surface area contributed by atoms with Gasteiger partial charge in [0.15, 0.2) is 0 Å². The van der Waals surface area contributed by atoms with Crippen LogP contribution in [0.3, 0.4) is 0 Å². The van der Waals surface area contributed by atoms with Gasteiger partial charge in [0.1, 0.15) is 17.2 Å². The van der Waals surface area contributed by atoms with Crippen LogP contribution in [-0.4, -0.2) is 46.4 Å². The highest BCUT2D eigenvalue weighted by molar-refractivity contribution is 5.98. The van der Waals surface area contributed by atoms with Gasteiger partial charge in [-0.1, -0.05) is 0 Å². The highest BCUT2D eigenvalue weighted by atomic mass is 16.5. The summed E-state index contributed by atoms with van der Waals surface area (Å²) in [5, 5.41) is 22.1. The average Bonchev–Trinajstić information content (AvgIpc) is 3.07. The maximum Gasteiger partial charge on any atom is 0.335 e. The molecule has 124 valence electrons. The number of aromatic nitrogens is 2. The lowest BCUT2D eigenvalue weighted by molar-refractivity contribution is 0.0697. The second-order valence-corrected chi connectivity index (χ2v) is 5.17. The average molecular weight is 327 g/mol. The zero-order chi connectivity index (χ0) is 17.1. The normalized spacial score (nSPS) is 10.8. The number of ether oxygens (including phenoxy) is 1. The van der Waals surface area contributed by atoms with Crippen molar-refractivity contribution < 1.29 is 19.7 Å². The summed E-state index contributed by atoms with van der Waals surface area (Å²) < 4.78 is 5.40. The van der Waals surface area contributed by atoms with E-state index < -0.39 is 5.97 Å². The smallest absolute Gasteiger partial charge is 0.335 e. The summed E-state index contributed by atoms with van der Waals surface area (Å²) in [4.78, 5) is 18.8. The van der Waals surface area contributed by atoms with Gasteiger partial charge >= 0.3 is 5.97 Å². The number of nitrogens with one attached hydrogen (secondary N) is 2. The fraction of sp³-hybridized carbons (Fsp3) is 0.176. The number of fused-ring (bicyclic) bond motifs is 1. The van der Waals surface area contributed by atoms with Crippen LogP contribution in [-0.2, 0) is 0 Å². The molecule has 0 bridgehead atoms. The number of carbonyl (C=O) groups is 1. The van der Waals surface area contributed by atoms with E-state index in [9.17, 15) is 9.90 Å². The Morgan fingerprint density at radius 1 is 1.29 bits per heavy atom. The number of hydrogen-bond donors (Lipinski definition) is 4. The second kappa shape index (κ2) is 6.59. The molecule has 0 atom stereocenters. The number of nitrogens with zero attached hydrogens (tertiary/aromatic N) is 1. The predicted octanol–water partition coefficient (Wildman–Crippen LogP) is 2.34. The molecule has 0 aliphatic rings. The van der Waals surface area contributed by atoms with Gasteiger partial charge in [0, 0.05) is 29.3 Å². The Hall–Kier alpha value is -3.06. The first-order valence-corrected chi connectivity index (χ1v) is 7.38. The fourth-order valence-electron chi connectivity index (χ4n) is 2.59. The van der Waals surface area contributed by atoms with Crippen LogP contribution in [0.1, 0.15) is 10.4 Å². The Bertz CT molecular complexity index is 889. The summed E-state index contributed by atoms with van der Waals surface area (Å²) in [6.45, 7) is 0.350. The zero-order valence-electron chi connectivity index (χ0n) is 13.0. The summed E-state index contributed by atoms with van der Waals surface area (Å²) in [5.74, 6) is 0.149. The number of carboxylic acid groups (broad SMARTS) is 1. The van der Waals surface area contributed by atoms with Crippen LogP contribution in [0.25, 0.3) is 22.2 Å². The third-order valence-electron chi connectivity index (χ3n) is 3.68. The molecule has 0 aliphatic heterocycles. The molecular formula is C17H17N3O4. The number of pyridine rings is 1. The van der Waals surface area contributed by atoms with Crippen molar-refractivity contribution in [2.45, 2.75) is 0 Å². The van der Waals surface area contributed by atoms with Gasteiger partial charge in [0.2, 0.25) is 0 Å². The minimum atomic E-state index is -1.00. The fourth-order valence-corrected chi connectivity index (χ4v) is 2.59. The Labute approximate surface area is 137 Å². The van der Waals surface area contributed by atoms with E-state index >= 15 is 0 Å². The molecule has 4 N–H and O–H groups in total. The molecule has 7 heteroatoms. The number of H-pyrrole nitrogens is 1. The maximum atomic E-state index is 11.3. The number of aliphatic hydroxyl groups excluding tert-OH is 1. The molecule has 0 radical (unpaired) electrons. The number of benzene rings is 1. The van der Waals surface area contributed by atoms with Crippen molar-refractivity contribution in [3.05, 3.63) is 42.1 Å². The third kappa shape index (κ3) is 2.89. The summed E-state index contributed by atoms with van der Waals surface area (Å²) in [5.41, 5.74) is 2.30. The SMILES string of the molecule is COc1ccc(C(=O)O)cc1-c1cc(NCCO)nc2[nH]ccc12. The van der Waals surface area contributed by atoms with Gasteiger partial charge in [0.05, 0.1) is 19.3 Å². The first kappa shape index (κ1) is 15.8. The van der Waals surface area contributed by atoms with Crippen molar-refractivity contribution >= 4 is 22.8 Å². The van der Waals surface area contributed by atoms with Crippen molar-refractivity contribution in [2.75, 3.05) is 25.6 Å². The largest absolute Gasteiger partial charge is 0.496 e. The number of hydrogen-bond acceptors (Lipinski definition) is 5. The lowest BCUT2D eigenvalue weighted by atomic mass is 10.00. The molecule has 0 amide bonds. The second-order valence-electron chi connectivity index (χ2n) is 5.17. The molecule has 0 unspecified atom stereocenters. The maximum absolute atomic E-state index is 11.3. The number of anilines is 1. The molecular weight excluding hydrogens is 310 g/mol. The molecule has 3 aromatic rings. The number of carboxylic acids is 1. The number of aliphatic hydroxyl groups is 1. The molecule has 0 saturated heterocycles. The molecule has 0 spiro atoms. The third-order valence-corrected chi connectivity index (χ3v) is 3.68. The lowest BCUT2D eigenvalue weighted by Crippen LogP contribution is -2.07. The molecule has 0 saturated carbocycles. The summed E-state index contributed by atoms with van der Waals surface area (Å²) in [7, 11) is 1.54. The van der Waals surface area contributed by atoms with Gasteiger partial charge in [0.25, 0.3) is 0 Å². The van der Waals surface area contributed by atoms with Crippen LogP contribution in [0.4, 0.5) is 5.82 Å². The van der Waals surface area contributed by atoms with E-state index in [0.717, 1.165) is 10.9 Å². The van der Waals surface area contributed by atoms with Crippen molar-refractivity contribution in [1.29, 1.82) is 0 Å². The van der Waals surface area contributed by atoms with Gasteiger partial charge in [-0.3, -0.25) is 0 Å². The number of aromatic carboxylic acids is 1. The lowest BCUT2D eigenvalue weighted by Gasteiger charge is -2.13. The van der Waals surface area contributed by atoms with Crippen LogP contribution in [0.5, 0.6) is 5.75 Å². The van der Waals surface area contributed by atoms with E-state index in [1.807, 2.05) is 12.1 Å². The molecule has 2 heterocycles. The molecule has 7 nitrogen and oxygen atoms in total. The van der Waals surface area contributed by atoms with Gasteiger partial charge < -0.3 is 25.3 Å². The quantitative estimate of drug-likeness (QED) is 0.553. The van der Waals surface area contributed by atoms with Crippen molar-refractivity contribution in [1.82, 2.24) is 9.97 Å². The van der Waals surface area contributed by atoms with Crippen molar-refractivity contribution in [3.8, 4) is 16.9 Å². The Kier molecular flexibility index (Phi) is 4.35. The summed E-state index contributed by atoms with van der Waals surface area (Å²) >= 11 is 0. The molecule has 3 rings (SSSR count). The molecule has 1 aromatic carbocycles. The molecule has 2 aromatic heterocycles. The minimum absolute atomic E-state index is 0.0163. The summed E-state index contributed by atoms with van der Waals surface area (Å²) in [6, 6.07) is 8.41. The van der Waals surface area contributed by atoms with E-state index in [1.54, 1.807) is 25.4 Å². The Morgan fingerprint density at radius 2 is 2.12 bits per heavy atom. The number of aromatic amines is 1. The summed E-state index contributed by atoms with van der Waals surface area (Å²) in [6.07, 6.45) is 1.77. The highest BCUT2D eigenvalue weighted by Gasteiger charge is 2.15. The first-order valence-electron chi connectivity index (χ1n) is 7.38. The Balaban J connectivity index is 2.22. The standard InChI is InChI=1S/C17H17N3O4/c1-24-14-3-2-10(17(22)23)8-13(14)12-9-15(18-6-7-21)20-16-11(12)4-5-19-16/h2-5,8-9,21H,6-7H2,1H3,(H,22,23)(H2,18,19,20). The van der Waals surface area contributed by atoms with E-state index in [4.69, 9.17) is 9.84 Å². The van der Waals surface area contributed by atoms with E-state index in [-0.39, 0.29) is 12.2 Å². The van der Waals surface area contributed by atoms with Crippen molar-refractivity contribution in [2.24, 2.45) is 0 Å². The van der Waals surface area contributed by atoms with Crippen molar-refractivity contribution in [3.63, 3.8) is 0 Å². The van der Waals surface area contributed by atoms with E-state index in [0.29, 0.717) is 29.3 Å². The van der Waals surface area contributed by atoms with Gasteiger partial charge in [-0.2, -0.15) is 0 Å². The number of rotatable bonds is 6. The highest BCUT2D eigenvalue weighted by Crippen LogP contribution is 2.36. The monoisotopic (exact) mass is 327 g/mol. The van der Waals surface area contributed by atoms with Gasteiger partial charge in [-0.15, -0.1) is 0 Å². The Morgan fingerprint density at radius 3 is 2.83 bits per heavy atom. The topological polar surface area (TPSA) is 107 Å². The van der Waals surface area contributed by atoms with Crippen LogP contribution in [0.2, 0.25) is 0 Å². The van der Waals surface area contributed by atoms with E-state index in [2.05, 4.69) is 15.3 Å². The van der Waals surface area contributed by atoms with Gasteiger partial charge in [-0.25, -0.2) is 9.78 Å². The van der Waals surface area contributed by atoms with E-state index in [1.165, 1.54) is 6.07 Å². The van der Waals surface area contributed by atoms with Gasteiger partial charge in [-0.05, 0) is 30.3 Å². The molecule has 0 aliphatic carbocycles. The van der Waals surface area contributed by atoms with Crippen LogP contribution >= 0.6 is 0 Å². The molecule has 24 heavy (non-hydrogen) atoms. The van der Waals surface area contributed by atoms with Crippen LogP contribution < -0.4 is 10.1 Å². The minimum Gasteiger partial charge on any atom is -0.496 e. The van der Waals surface area contributed by atoms with Crippen LogP contribution in [0, 0.1) is 0 Å². The zero-order valence-corrected chi connectivity index (χ0v) is 13.0.